The van der Waals surface area contributed by atoms with E-state index in [4.69, 9.17) is 0 Å². The molecule has 1 fully saturated rings. The monoisotopic (exact) mass is 292 g/mol. The third kappa shape index (κ3) is 3.20. The molecule has 0 saturated carbocycles. The van der Waals surface area contributed by atoms with Gasteiger partial charge in [0, 0.05) is 32.7 Å². The van der Waals surface area contributed by atoms with E-state index in [2.05, 4.69) is 37.3 Å². The van der Waals surface area contributed by atoms with Gasteiger partial charge in [-0.2, -0.15) is 11.3 Å². The Bertz CT molecular complexity index is 532. The Kier molecular flexibility index (Phi) is 4.03. The lowest BCUT2D eigenvalue weighted by atomic mass is 10.2. The van der Waals surface area contributed by atoms with Gasteiger partial charge in [0.25, 0.3) is 0 Å². The number of hydrogen-bond acceptors (Lipinski definition) is 6. The highest BCUT2D eigenvalue weighted by Crippen LogP contribution is 2.11. The molecular formula is C12H16N6OS. The zero-order valence-electron chi connectivity index (χ0n) is 11.1. The molecule has 20 heavy (non-hydrogen) atoms. The van der Waals surface area contributed by atoms with Crippen LogP contribution in [0.1, 0.15) is 5.56 Å². The fourth-order valence-electron chi connectivity index (χ4n) is 2.29. The van der Waals surface area contributed by atoms with Gasteiger partial charge in [0.2, 0.25) is 5.91 Å². The van der Waals surface area contributed by atoms with Crippen molar-refractivity contribution in [1.29, 1.82) is 0 Å². The van der Waals surface area contributed by atoms with Crippen molar-refractivity contribution >= 4 is 17.2 Å². The van der Waals surface area contributed by atoms with Crippen molar-refractivity contribution in [2.45, 2.75) is 13.1 Å². The molecule has 0 radical (unpaired) electrons. The first-order chi connectivity index (χ1) is 9.81. The van der Waals surface area contributed by atoms with Gasteiger partial charge >= 0.3 is 0 Å². The van der Waals surface area contributed by atoms with Crippen molar-refractivity contribution in [3.8, 4) is 0 Å². The average Bonchev–Trinajstić information content (AvgIpc) is 3.13. The van der Waals surface area contributed by atoms with Gasteiger partial charge in [-0.25, -0.2) is 4.68 Å². The molecule has 2 aromatic heterocycles. The molecule has 3 rings (SSSR count). The van der Waals surface area contributed by atoms with E-state index in [1.165, 1.54) is 16.6 Å². The smallest absolute Gasteiger partial charge is 0.244 e. The first kappa shape index (κ1) is 13.2. The van der Waals surface area contributed by atoms with Crippen molar-refractivity contribution in [2.24, 2.45) is 0 Å². The van der Waals surface area contributed by atoms with E-state index in [1.54, 1.807) is 11.3 Å². The molecule has 106 valence electrons. The second-order valence-electron chi connectivity index (χ2n) is 4.80. The first-order valence-electron chi connectivity index (χ1n) is 6.53. The third-order valence-electron chi connectivity index (χ3n) is 3.40. The number of carbonyl (C=O) groups is 1. The predicted octanol–water partition coefficient (Wildman–Crippen LogP) is 0.0790. The van der Waals surface area contributed by atoms with Crippen LogP contribution in [0.15, 0.2) is 23.2 Å². The van der Waals surface area contributed by atoms with E-state index in [1.807, 2.05) is 4.90 Å². The summed E-state index contributed by atoms with van der Waals surface area (Å²) in [5.41, 5.74) is 1.35. The summed E-state index contributed by atoms with van der Waals surface area (Å²) in [6.07, 6.45) is 1.46. The fourth-order valence-corrected chi connectivity index (χ4v) is 2.95. The van der Waals surface area contributed by atoms with Gasteiger partial charge < -0.3 is 4.90 Å². The van der Waals surface area contributed by atoms with E-state index in [9.17, 15) is 4.79 Å². The average molecular weight is 292 g/mol. The van der Waals surface area contributed by atoms with Crippen LogP contribution >= 0.6 is 11.3 Å². The Hall–Kier alpha value is -1.80. The van der Waals surface area contributed by atoms with E-state index in [0.717, 1.165) is 32.7 Å². The summed E-state index contributed by atoms with van der Waals surface area (Å²) in [7, 11) is 0. The molecule has 7 nitrogen and oxygen atoms in total. The maximum Gasteiger partial charge on any atom is 0.244 e. The van der Waals surface area contributed by atoms with Crippen molar-refractivity contribution in [3.63, 3.8) is 0 Å². The molecule has 0 bridgehead atoms. The third-order valence-corrected chi connectivity index (χ3v) is 4.13. The molecule has 1 amide bonds. The van der Waals surface area contributed by atoms with Crippen LogP contribution < -0.4 is 0 Å². The van der Waals surface area contributed by atoms with Crippen molar-refractivity contribution < 1.29 is 4.79 Å². The van der Waals surface area contributed by atoms with Gasteiger partial charge in [-0.1, -0.05) is 0 Å². The Labute approximate surface area is 120 Å². The Balaban J connectivity index is 1.47. The number of amides is 1. The molecular weight excluding hydrogens is 276 g/mol. The molecule has 2 aromatic rings. The lowest BCUT2D eigenvalue weighted by Crippen LogP contribution is -2.49. The van der Waals surface area contributed by atoms with Crippen LogP contribution in [0.25, 0.3) is 0 Å². The number of nitrogens with zero attached hydrogens (tertiary/aromatic N) is 6. The fraction of sp³-hybridized carbons (Fsp3) is 0.500. The highest BCUT2D eigenvalue weighted by molar-refractivity contribution is 7.07. The number of carbonyl (C=O) groups excluding carboxylic acids is 1. The van der Waals surface area contributed by atoms with Crippen LogP contribution in [0, 0.1) is 0 Å². The molecule has 0 spiro atoms. The maximum absolute atomic E-state index is 12.1. The highest BCUT2D eigenvalue weighted by atomic mass is 32.1. The summed E-state index contributed by atoms with van der Waals surface area (Å²) in [5.74, 6) is 0.0764. The standard InChI is InChI=1S/C12H16N6OS/c19-12(8-18-10-13-14-15-18)17-4-2-16(3-5-17)7-11-1-6-20-9-11/h1,6,9-10H,2-5,7-8H2. The number of aromatic nitrogens is 4. The Morgan fingerprint density at radius 2 is 2.15 bits per heavy atom. The van der Waals surface area contributed by atoms with Gasteiger partial charge in [0.1, 0.15) is 12.9 Å². The van der Waals surface area contributed by atoms with Gasteiger partial charge in [-0.15, -0.1) is 5.10 Å². The predicted molar refractivity (Wildman–Crippen MR) is 74.0 cm³/mol. The number of hydrogen-bond donors (Lipinski definition) is 0. The minimum Gasteiger partial charge on any atom is -0.339 e. The van der Waals surface area contributed by atoms with Crippen LogP contribution in [0.2, 0.25) is 0 Å². The van der Waals surface area contributed by atoms with Crippen LogP contribution in [-0.4, -0.2) is 62.1 Å². The van der Waals surface area contributed by atoms with Gasteiger partial charge in [-0.3, -0.25) is 9.69 Å². The topological polar surface area (TPSA) is 67.2 Å². The molecule has 0 aromatic carbocycles. The van der Waals surface area contributed by atoms with Crippen molar-refractivity contribution in [3.05, 3.63) is 28.7 Å². The number of rotatable bonds is 4. The minimum absolute atomic E-state index is 0.0764. The molecule has 0 N–H and O–H groups in total. The molecule has 3 heterocycles. The zero-order chi connectivity index (χ0) is 13.8. The van der Waals surface area contributed by atoms with Crippen molar-refractivity contribution in [2.75, 3.05) is 26.2 Å². The van der Waals surface area contributed by atoms with Gasteiger partial charge in [0.05, 0.1) is 0 Å². The SMILES string of the molecule is O=C(Cn1cnnn1)N1CCN(Cc2ccsc2)CC1. The summed E-state index contributed by atoms with van der Waals surface area (Å²) in [6.45, 7) is 4.56. The second-order valence-corrected chi connectivity index (χ2v) is 5.58. The van der Waals surface area contributed by atoms with Crippen LogP contribution in [0.3, 0.4) is 0 Å². The minimum atomic E-state index is 0.0764. The molecule has 1 aliphatic heterocycles. The number of thiophene rings is 1. The van der Waals surface area contributed by atoms with Gasteiger partial charge in [-0.05, 0) is 32.8 Å². The van der Waals surface area contributed by atoms with E-state index >= 15 is 0 Å². The largest absolute Gasteiger partial charge is 0.339 e. The number of piperazine rings is 1. The van der Waals surface area contributed by atoms with Crippen LogP contribution in [0.5, 0.6) is 0 Å². The molecule has 1 aliphatic rings. The molecule has 0 atom stereocenters. The summed E-state index contributed by atoms with van der Waals surface area (Å²) < 4.78 is 1.46. The zero-order valence-corrected chi connectivity index (χ0v) is 11.9. The van der Waals surface area contributed by atoms with E-state index in [-0.39, 0.29) is 12.5 Å². The lowest BCUT2D eigenvalue weighted by molar-refractivity contribution is -0.133. The second kappa shape index (κ2) is 6.10. The Morgan fingerprint density at radius 1 is 1.30 bits per heavy atom. The lowest BCUT2D eigenvalue weighted by Gasteiger charge is -2.34. The van der Waals surface area contributed by atoms with Gasteiger partial charge in [0.15, 0.2) is 0 Å². The van der Waals surface area contributed by atoms with E-state index in [0.29, 0.717) is 0 Å². The van der Waals surface area contributed by atoms with Crippen molar-refractivity contribution in [1.82, 2.24) is 30.0 Å². The summed E-state index contributed by atoms with van der Waals surface area (Å²) in [4.78, 5) is 16.3. The summed E-state index contributed by atoms with van der Waals surface area (Å²) in [5, 5.41) is 15.0. The highest BCUT2D eigenvalue weighted by Gasteiger charge is 2.21. The normalized spacial score (nSPS) is 16.5. The summed E-state index contributed by atoms with van der Waals surface area (Å²) >= 11 is 1.72. The van der Waals surface area contributed by atoms with E-state index < -0.39 is 0 Å². The quantitative estimate of drug-likeness (QED) is 0.798. The van der Waals surface area contributed by atoms with Crippen LogP contribution in [0.4, 0.5) is 0 Å². The molecule has 0 unspecified atom stereocenters. The molecule has 8 heteroatoms. The number of tetrazole rings is 1. The molecule has 0 aliphatic carbocycles. The summed E-state index contributed by atoms with van der Waals surface area (Å²) in [6, 6.07) is 2.15. The maximum atomic E-state index is 12.1. The Morgan fingerprint density at radius 3 is 2.80 bits per heavy atom. The van der Waals surface area contributed by atoms with Crippen LogP contribution in [-0.2, 0) is 17.9 Å². The molecule has 1 saturated heterocycles. The first-order valence-corrected chi connectivity index (χ1v) is 7.47.